The van der Waals surface area contributed by atoms with Crippen LogP contribution in [0, 0.1) is 0 Å². The lowest BCUT2D eigenvalue weighted by Gasteiger charge is -2.18. The third-order valence-corrected chi connectivity index (χ3v) is 7.90. The SMILES string of the molecule is COC(=O)[C@@H](C)Oc1c(OC)cc(C=Nn2c(-c3cc4cc(Br)ccc4o3)nc3ccccc3c2=O)c(Br)c1Cl. The Kier molecular flexibility index (Phi) is 7.97. The number of aromatic nitrogens is 2. The fraction of sp³-hybridized carbons (Fsp3) is 0.143. The number of fused-ring (bicyclic) bond motifs is 2. The van der Waals surface area contributed by atoms with Crippen LogP contribution < -0.4 is 15.0 Å². The smallest absolute Gasteiger partial charge is 0.346 e. The topological polar surface area (TPSA) is 105 Å². The molecule has 3 aromatic carbocycles. The van der Waals surface area contributed by atoms with Gasteiger partial charge in [-0.05, 0) is 65.3 Å². The maximum absolute atomic E-state index is 13.6. The normalized spacial score (nSPS) is 12.2. The number of para-hydroxylation sites is 1. The summed E-state index contributed by atoms with van der Waals surface area (Å²) in [6.07, 6.45) is 0.504. The molecular formula is C28H20Br2ClN3O6. The third kappa shape index (κ3) is 5.24. The minimum absolute atomic E-state index is 0.142. The summed E-state index contributed by atoms with van der Waals surface area (Å²) in [6.45, 7) is 1.53. The molecule has 12 heteroatoms. The molecule has 0 N–H and O–H groups in total. The van der Waals surface area contributed by atoms with E-state index in [2.05, 4.69) is 37.0 Å². The summed E-state index contributed by atoms with van der Waals surface area (Å²) in [6, 6.07) is 16.0. The minimum atomic E-state index is -0.933. The lowest BCUT2D eigenvalue weighted by atomic mass is 10.2. The van der Waals surface area contributed by atoms with Gasteiger partial charge >= 0.3 is 5.97 Å². The van der Waals surface area contributed by atoms with Crippen LogP contribution in [-0.2, 0) is 9.53 Å². The van der Waals surface area contributed by atoms with Gasteiger partial charge in [0.15, 0.2) is 23.4 Å². The highest BCUT2D eigenvalue weighted by molar-refractivity contribution is 9.10. The van der Waals surface area contributed by atoms with Crippen LogP contribution >= 0.6 is 43.5 Å². The van der Waals surface area contributed by atoms with E-state index >= 15 is 0 Å². The Bertz CT molecular complexity index is 1870. The maximum atomic E-state index is 13.6. The van der Waals surface area contributed by atoms with Gasteiger partial charge in [0.2, 0.25) is 5.82 Å². The first-order chi connectivity index (χ1) is 19.2. The van der Waals surface area contributed by atoms with Gasteiger partial charge in [0, 0.05) is 19.9 Å². The Labute approximate surface area is 249 Å². The molecule has 2 aromatic heterocycles. The molecule has 0 spiro atoms. The number of ether oxygens (including phenoxy) is 3. The van der Waals surface area contributed by atoms with E-state index in [1.807, 2.05) is 18.2 Å². The van der Waals surface area contributed by atoms with Gasteiger partial charge in [-0.3, -0.25) is 4.79 Å². The zero-order valence-electron chi connectivity index (χ0n) is 21.3. The van der Waals surface area contributed by atoms with Crippen molar-refractivity contribution in [2.24, 2.45) is 5.10 Å². The van der Waals surface area contributed by atoms with Crippen molar-refractivity contribution in [3.63, 3.8) is 0 Å². The van der Waals surface area contributed by atoms with Crippen LogP contribution in [0.4, 0.5) is 0 Å². The van der Waals surface area contributed by atoms with E-state index in [0.29, 0.717) is 32.3 Å². The molecule has 0 amide bonds. The van der Waals surface area contributed by atoms with Crippen LogP contribution in [0.15, 0.2) is 77.9 Å². The molecule has 9 nitrogen and oxygen atoms in total. The average Bonchev–Trinajstić information content (AvgIpc) is 3.38. The molecule has 0 aliphatic heterocycles. The molecule has 5 aromatic rings. The summed E-state index contributed by atoms with van der Waals surface area (Å²) in [5.74, 6) is 0.396. The summed E-state index contributed by atoms with van der Waals surface area (Å²) in [5.41, 5.74) is 1.22. The zero-order chi connectivity index (χ0) is 28.6. The van der Waals surface area contributed by atoms with Crippen molar-refractivity contribution < 1.29 is 23.4 Å². The first-order valence-electron chi connectivity index (χ1n) is 11.8. The van der Waals surface area contributed by atoms with Gasteiger partial charge in [-0.1, -0.05) is 39.7 Å². The molecule has 0 saturated heterocycles. The predicted molar refractivity (Wildman–Crippen MR) is 160 cm³/mol. The Morgan fingerprint density at radius 3 is 2.67 bits per heavy atom. The molecule has 0 unspecified atom stereocenters. The number of methoxy groups -OCH3 is 2. The number of carbonyl (C=O) groups is 1. The predicted octanol–water partition coefficient (Wildman–Crippen LogP) is 6.82. The number of hydrogen-bond donors (Lipinski definition) is 0. The lowest BCUT2D eigenvalue weighted by Crippen LogP contribution is -2.25. The maximum Gasteiger partial charge on any atom is 0.346 e. The number of nitrogens with zero attached hydrogens (tertiary/aromatic N) is 3. The van der Waals surface area contributed by atoms with E-state index in [1.165, 1.54) is 32.0 Å². The highest BCUT2D eigenvalue weighted by Crippen LogP contribution is 2.42. The highest BCUT2D eigenvalue weighted by Gasteiger charge is 2.23. The van der Waals surface area contributed by atoms with Gasteiger partial charge in [0.1, 0.15) is 10.6 Å². The highest BCUT2D eigenvalue weighted by atomic mass is 79.9. The summed E-state index contributed by atoms with van der Waals surface area (Å²) in [5, 5.41) is 5.85. The quantitative estimate of drug-likeness (QED) is 0.136. The monoisotopic (exact) mass is 687 g/mol. The Hall–Kier alpha value is -3.67. The van der Waals surface area contributed by atoms with Crippen molar-refractivity contribution in [2.75, 3.05) is 14.2 Å². The molecule has 5 rings (SSSR count). The number of rotatable bonds is 7. The summed E-state index contributed by atoms with van der Waals surface area (Å²) in [4.78, 5) is 30.2. The van der Waals surface area contributed by atoms with Gasteiger partial charge in [0.05, 0.1) is 31.3 Å². The summed E-state index contributed by atoms with van der Waals surface area (Å²) < 4.78 is 24.4. The van der Waals surface area contributed by atoms with Crippen molar-refractivity contribution in [1.82, 2.24) is 9.66 Å². The molecule has 0 radical (unpaired) electrons. The second-order valence-corrected chi connectivity index (χ2v) is 10.6. The number of hydrogen-bond acceptors (Lipinski definition) is 8. The fourth-order valence-corrected chi connectivity index (χ4v) is 5.01. The molecule has 0 aliphatic rings. The second kappa shape index (κ2) is 11.4. The third-order valence-electron chi connectivity index (χ3n) is 5.97. The van der Waals surface area contributed by atoms with E-state index in [1.54, 1.807) is 36.4 Å². The molecule has 40 heavy (non-hydrogen) atoms. The first-order valence-corrected chi connectivity index (χ1v) is 13.7. The van der Waals surface area contributed by atoms with E-state index in [9.17, 15) is 9.59 Å². The van der Waals surface area contributed by atoms with Crippen LogP contribution in [0.1, 0.15) is 12.5 Å². The average molecular weight is 690 g/mol. The summed E-state index contributed by atoms with van der Waals surface area (Å²) >= 11 is 13.5. The fourth-order valence-electron chi connectivity index (χ4n) is 3.99. The standard InChI is InChI=1S/C28H20Br2ClN3O6/c1-14(28(36)38-3)39-25-21(37-2)12-16(23(30)24(25)31)13-32-34-26(33-19-7-5-4-6-18(19)27(34)35)22-11-15-10-17(29)8-9-20(15)40-22/h4-14H,1-3H3/t14-/m1/s1. The molecule has 0 fully saturated rings. The van der Waals surface area contributed by atoms with Crippen molar-refractivity contribution in [3.8, 4) is 23.1 Å². The van der Waals surface area contributed by atoms with Gasteiger partial charge in [-0.15, -0.1) is 0 Å². The molecule has 0 aliphatic carbocycles. The summed E-state index contributed by atoms with van der Waals surface area (Å²) in [7, 11) is 2.70. The number of halogens is 3. The molecule has 204 valence electrons. The van der Waals surface area contributed by atoms with E-state index in [0.717, 1.165) is 9.86 Å². The van der Waals surface area contributed by atoms with E-state index < -0.39 is 12.1 Å². The lowest BCUT2D eigenvalue weighted by molar-refractivity contribution is -0.147. The second-order valence-electron chi connectivity index (χ2n) is 8.52. The van der Waals surface area contributed by atoms with Gasteiger partial charge in [-0.2, -0.15) is 9.78 Å². The number of carbonyl (C=O) groups excluding carboxylic acids is 1. The van der Waals surface area contributed by atoms with Crippen molar-refractivity contribution in [1.29, 1.82) is 0 Å². The van der Waals surface area contributed by atoms with Crippen LogP contribution in [0.25, 0.3) is 33.5 Å². The largest absolute Gasteiger partial charge is 0.493 e. The van der Waals surface area contributed by atoms with Crippen molar-refractivity contribution in [3.05, 3.63) is 84.5 Å². The number of benzene rings is 3. The number of esters is 1. The number of furan rings is 1. The van der Waals surface area contributed by atoms with Gasteiger partial charge < -0.3 is 18.6 Å². The van der Waals surface area contributed by atoms with Crippen molar-refractivity contribution in [2.45, 2.75) is 13.0 Å². The first kappa shape index (κ1) is 27.9. The Morgan fingerprint density at radius 1 is 1.15 bits per heavy atom. The van der Waals surface area contributed by atoms with Crippen molar-refractivity contribution >= 4 is 77.5 Å². The van der Waals surface area contributed by atoms with Crippen LogP contribution in [0.3, 0.4) is 0 Å². The van der Waals surface area contributed by atoms with Gasteiger partial charge in [-0.25, -0.2) is 9.78 Å². The van der Waals surface area contributed by atoms with E-state index in [4.69, 9.17) is 35.2 Å². The molecule has 0 saturated carbocycles. The molecule has 2 heterocycles. The zero-order valence-corrected chi connectivity index (χ0v) is 25.2. The Morgan fingerprint density at radius 2 is 1.93 bits per heavy atom. The van der Waals surface area contributed by atoms with E-state index in [-0.39, 0.29) is 27.9 Å². The molecular weight excluding hydrogens is 670 g/mol. The van der Waals surface area contributed by atoms with Gasteiger partial charge in [0.25, 0.3) is 5.56 Å². The Balaban J connectivity index is 1.64. The van der Waals surface area contributed by atoms with Crippen LogP contribution in [-0.4, -0.2) is 42.2 Å². The molecule has 0 bridgehead atoms. The minimum Gasteiger partial charge on any atom is -0.493 e. The molecule has 1 atom stereocenters. The van der Waals surface area contributed by atoms with Crippen LogP contribution in [0.5, 0.6) is 11.5 Å². The van der Waals surface area contributed by atoms with Crippen LogP contribution in [0.2, 0.25) is 5.02 Å².